The van der Waals surface area contributed by atoms with Crippen molar-refractivity contribution >= 4 is 16.0 Å². The molecule has 0 radical (unpaired) electrons. The van der Waals surface area contributed by atoms with E-state index in [9.17, 15) is 13.2 Å². The summed E-state index contributed by atoms with van der Waals surface area (Å²) in [7, 11) is -3.56. The molecular formula is C20H32N2O4S. The zero-order valence-electron chi connectivity index (χ0n) is 16.6. The van der Waals surface area contributed by atoms with Gasteiger partial charge in [-0.1, -0.05) is 19.1 Å². The number of hydrogen-bond acceptors (Lipinski definition) is 5. The maximum atomic E-state index is 12.0. The Morgan fingerprint density at radius 1 is 1.19 bits per heavy atom. The molecule has 6 nitrogen and oxygen atoms in total. The molecule has 27 heavy (non-hydrogen) atoms. The fourth-order valence-electron chi connectivity index (χ4n) is 3.02. The van der Waals surface area contributed by atoms with E-state index in [2.05, 4.69) is 12.2 Å². The highest BCUT2D eigenvalue weighted by Crippen LogP contribution is 2.17. The van der Waals surface area contributed by atoms with E-state index in [1.807, 2.05) is 17.0 Å². The molecule has 1 heterocycles. The standard InChI is InChI=1S/C20H32N2O4S/c1-4-18(15-22-14-6-5-7-20(22)23)21-13-12-17-8-10-19(11-9-17)26-27(24,25)16(2)3/h8-11,16,18,21H,4-7,12-15H2,1-3H3. The average molecular weight is 397 g/mol. The van der Waals surface area contributed by atoms with Gasteiger partial charge >= 0.3 is 10.1 Å². The Morgan fingerprint density at radius 2 is 1.89 bits per heavy atom. The van der Waals surface area contributed by atoms with Crippen LogP contribution >= 0.6 is 0 Å². The predicted molar refractivity (Wildman–Crippen MR) is 107 cm³/mol. The molecule has 1 fully saturated rings. The molecule has 1 aromatic carbocycles. The highest BCUT2D eigenvalue weighted by Gasteiger charge is 2.21. The third-order valence-electron chi connectivity index (χ3n) is 4.91. The highest BCUT2D eigenvalue weighted by molar-refractivity contribution is 7.87. The molecule has 2 rings (SSSR count). The molecule has 152 valence electrons. The van der Waals surface area contributed by atoms with Crippen molar-refractivity contribution in [3.8, 4) is 5.75 Å². The molecular weight excluding hydrogens is 364 g/mol. The van der Waals surface area contributed by atoms with Gasteiger partial charge in [0.2, 0.25) is 5.91 Å². The second-order valence-electron chi connectivity index (χ2n) is 7.37. The van der Waals surface area contributed by atoms with E-state index < -0.39 is 15.4 Å². The van der Waals surface area contributed by atoms with Crippen LogP contribution in [-0.2, 0) is 21.3 Å². The fourth-order valence-corrected chi connectivity index (χ4v) is 3.59. The first-order valence-electron chi connectivity index (χ1n) is 9.85. The van der Waals surface area contributed by atoms with E-state index in [0.29, 0.717) is 18.2 Å². The van der Waals surface area contributed by atoms with Crippen molar-refractivity contribution in [2.24, 2.45) is 0 Å². The van der Waals surface area contributed by atoms with Crippen molar-refractivity contribution in [3.63, 3.8) is 0 Å². The summed E-state index contributed by atoms with van der Waals surface area (Å²) in [5.41, 5.74) is 1.11. The summed E-state index contributed by atoms with van der Waals surface area (Å²) in [5.74, 6) is 0.615. The van der Waals surface area contributed by atoms with Gasteiger partial charge in [-0.15, -0.1) is 0 Å². The lowest BCUT2D eigenvalue weighted by molar-refractivity contribution is -0.133. The van der Waals surface area contributed by atoms with Gasteiger partial charge in [0.1, 0.15) is 5.75 Å². The number of piperidine rings is 1. The van der Waals surface area contributed by atoms with Crippen LogP contribution in [-0.4, -0.2) is 50.2 Å². The van der Waals surface area contributed by atoms with Crippen LogP contribution in [0.3, 0.4) is 0 Å². The molecule has 1 amide bonds. The molecule has 1 unspecified atom stereocenters. The monoisotopic (exact) mass is 396 g/mol. The summed E-state index contributed by atoms with van der Waals surface area (Å²) in [6, 6.07) is 7.47. The van der Waals surface area contributed by atoms with Crippen molar-refractivity contribution < 1.29 is 17.4 Å². The van der Waals surface area contributed by atoms with Crippen LogP contribution in [0.25, 0.3) is 0 Å². The lowest BCUT2D eigenvalue weighted by atomic mass is 10.1. The van der Waals surface area contributed by atoms with Gasteiger partial charge < -0.3 is 14.4 Å². The van der Waals surface area contributed by atoms with Crippen molar-refractivity contribution in [3.05, 3.63) is 29.8 Å². The summed E-state index contributed by atoms with van der Waals surface area (Å²) in [4.78, 5) is 13.9. The first kappa shape index (κ1) is 21.7. The molecule has 1 aliphatic rings. The minimum absolute atomic E-state index is 0.272. The van der Waals surface area contributed by atoms with Gasteiger partial charge in [-0.3, -0.25) is 4.79 Å². The van der Waals surface area contributed by atoms with Gasteiger partial charge in [0.25, 0.3) is 0 Å². The third-order valence-corrected chi connectivity index (χ3v) is 6.49. The fraction of sp³-hybridized carbons (Fsp3) is 0.650. The number of benzene rings is 1. The van der Waals surface area contributed by atoms with E-state index in [-0.39, 0.29) is 5.91 Å². The normalized spacial score (nSPS) is 16.6. The molecule has 1 atom stereocenters. The Morgan fingerprint density at radius 3 is 2.48 bits per heavy atom. The van der Waals surface area contributed by atoms with Crippen molar-refractivity contribution in [1.82, 2.24) is 10.2 Å². The molecule has 1 N–H and O–H groups in total. The second kappa shape index (κ2) is 10.1. The second-order valence-corrected chi connectivity index (χ2v) is 9.47. The van der Waals surface area contributed by atoms with Gasteiger partial charge in [0.05, 0.1) is 5.25 Å². The quantitative estimate of drug-likeness (QED) is 0.616. The molecule has 0 saturated carbocycles. The first-order valence-corrected chi connectivity index (χ1v) is 11.3. The summed E-state index contributed by atoms with van der Waals surface area (Å²) in [5, 5.41) is 2.96. The smallest absolute Gasteiger partial charge is 0.311 e. The van der Waals surface area contributed by atoms with Crippen LogP contribution < -0.4 is 9.50 Å². The van der Waals surface area contributed by atoms with E-state index in [4.69, 9.17) is 4.18 Å². The minimum Gasteiger partial charge on any atom is -0.382 e. The highest BCUT2D eigenvalue weighted by atomic mass is 32.2. The van der Waals surface area contributed by atoms with Crippen molar-refractivity contribution in [2.75, 3.05) is 19.6 Å². The molecule has 7 heteroatoms. The van der Waals surface area contributed by atoms with Crippen LogP contribution in [0.5, 0.6) is 5.75 Å². The zero-order chi connectivity index (χ0) is 19.9. The number of amides is 1. The number of carbonyl (C=O) groups is 1. The Kier molecular flexibility index (Phi) is 8.10. The Balaban J connectivity index is 1.79. The van der Waals surface area contributed by atoms with E-state index in [1.165, 1.54) is 0 Å². The first-order chi connectivity index (χ1) is 12.8. The van der Waals surface area contributed by atoms with Crippen molar-refractivity contribution in [1.29, 1.82) is 0 Å². The molecule has 0 aromatic heterocycles. The summed E-state index contributed by atoms with van der Waals surface area (Å²) in [6.07, 6.45) is 4.60. The summed E-state index contributed by atoms with van der Waals surface area (Å²) >= 11 is 0. The summed E-state index contributed by atoms with van der Waals surface area (Å²) < 4.78 is 28.7. The maximum Gasteiger partial charge on any atom is 0.311 e. The maximum absolute atomic E-state index is 12.0. The van der Waals surface area contributed by atoms with Gasteiger partial charge in [0, 0.05) is 25.6 Å². The molecule has 0 spiro atoms. The Labute approximate surface area is 163 Å². The van der Waals surface area contributed by atoms with Crippen LogP contribution in [0.1, 0.15) is 52.0 Å². The molecule has 1 aromatic rings. The molecule has 0 aliphatic carbocycles. The predicted octanol–water partition coefficient (Wildman–Crippen LogP) is 2.73. The number of carbonyl (C=O) groups excluding carboxylic acids is 1. The summed E-state index contributed by atoms with van der Waals surface area (Å²) in [6.45, 7) is 7.78. The number of nitrogens with one attached hydrogen (secondary N) is 1. The molecule has 1 saturated heterocycles. The zero-order valence-corrected chi connectivity index (χ0v) is 17.4. The number of nitrogens with zero attached hydrogens (tertiary/aromatic N) is 1. The lowest BCUT2D eigenvalue weighted by Gasteiger charge is -2.30. The van der Waals surface area contributed by atoms with Gasteiger partial charge in [0.15, 0.2) is 0 Å². The van der Waals surface area contributed by atoms with Crippen molar-refractivity contribution in [2.45, 2.75) is 64.2 Å². The Hall–Kier alpha value is -1.60. The van der Waals surface area contributed by atoms with E-state index >= 15 is 0 Å². The largest absolute Gasteiger partial charge is 0.382 e. The van der Waals surface area contributed by atoms with Gasteiger partial charge in [-0.25, -0.2) is 0 Å². The van der Waals surface area contributed by atoms with Crippen LogP contribution in [0.4, 0.5) is 0 Å². The average Bonchev–Trinajstić information content (AvgIpc) is 2.63. The van der Waals surface area contributed by atoms with Gasteiger partial charge in [-0.05, 0) is 63.8 Å². The number of likely N-dealkylation sites (tertiary alicyclic amines) is 1. The van der Waals surface area contributed by atoms with Crippen LogP contribution in [0.15, 0.2) is 24.3 Å². The Bertz CT molecular complexity index is 701. The number of rotatable bonds is 10. The van der Waals surface area contributed by atoms with Crippen LogP contribution in [0.2, 0.25) is 0 Å². The third kappa shape index (κ3) is 6.81. The topological polar surface area (TPSA) is 75.7 Å². The minimum atomic E-state index is -3.56. The molecule has 0 bridgehead atoms. The van der Waals surface area contributed by atoms with E-state index in [1.54, 1.807) is 26.0 Å². The number of hydrogen-bond donors (Lipinski definition) is 1. The SMILES string of the molecule is CCC(CN1CCCCC1=O)NCCc1ccc(OS(=O)(=O)C(C)C)cc1. The van der Waals surface area contributed by atoms with Gasteiger partial charge in [-0.2, -0.15) is 8.42 Å². The van der Waals surface area contributed by atoms with E-state index in [0.717, 1.165) is 50.9 Å². The molecule has 1 aliphatic heterocycles. The van der Waals surface area contributed by atoms with Crippen LogP contribution in [0, 0.1) is 0 Å². The lowest BCUT2D eigenvalue weighted by Crippen LogP contribution is -2.45.